The molecule has 0 saturated carbocycles. The Balaban J connectivity index is 2.29. The van der Waals surface area contributed by atoms with Crippen LogP contribution in [0.4, 0.5) is 0 Å². The minimum absolute atomic E-state index is 0.0270. The second-order valence-electron chi connectivity index (χ2n) is 4.94. The predicted octanol–water partition coefficient (Wildman–Crippen LogP) is 2.29. The van der Waals surface area contributed by atoms with E-state index in [4.69, 9.17) is 9.47 Å². The van der Waals surface area contributed by atoms with Crippen molar-refractivity contribution in [3.05, 3.63) is 16.4 Å². The highest BCUT2D eigenvalue weighted by Crippen LogP contribution is 2.30. The second kappa shape index (κ2) is 6.83. The normalized spacial score (nSPS) is 21.8. The van der Waals surface area contributed by atoms with E-state index in [-0.39, 0.29) is 12.1 Å². The first kappa shape index (κ1) is 15.0. The molecule has 2 unspecified atom stereocenters. The zero-order valence-corrected chi connectivity index (χ0v) is 13.3. The lowest BCUT2D eigenvalue weighted by Crippen LogP contribution is -2.41. The van der Waals surface area contributed by atoms with Crippen molar-refractivity contribution >= 4 is 15.9 Å². The van der Waals surface area contributed by atoms with E-state index in [1.54, 1.807) is 0 Å². The van der Waals surface area contributed by atoms with E-state index < -0.39 is 0 Å². The van der Waals surface area contributed by atoms with Crippen LogP contribution in [0.2, 0.25) is 0 Å². The van der Waals surface area contributed by atoms with Gasteiger partial charge in [0, 0.05) is 6.04 Å². The largest absolute Gasteiger partial charge is 0.376 e. The monoisotopic (exact) mass is 331 g/mol. The van der Waals surface area contributed by atoms with Crippen molar-refractivity contribution in [2.24, 2.45) is 0 Å². The summed E-state index contributed by atoms with van der Waals surface area (Å²) in [5.74, 6) is 0. The van der Waals surface area contributed by atoms with Gasteiger partial charge in [0.05, 0.1) is 42.2 Å². The molecule has 0 bridgehead atoms. The Hall–Kier alpha value is -0.430. The summed E-state index contributed by atoms with van der Waals surface area (Å²) in [5.41, 5.74) is 1.13. The number of nitrogens with one attached hydrogen (secondary N) is 1. The summed E-state index contributed by atoms with van der Waals surface area (Å²) >= 11 is 3.60. The van der Waals surface area contributed by atoms with Crippen LogP contribution >= 0.6 is 15.9 Å². The van der Waals surface area contributed by atoms with E-state index in [1.165, 1.54) is 0 Å². The van der Waals surface area contributed by atoms with E-state index in [2.05, 4.69) is 47.1 Å². The van der Waals surface area contributed by atoms with E-state index >= 15 is 0 Å². The van der Waals surface area contributed by atoms with Crippen LogP contribution in [0.1, 0.15) is 38.5 Å². The topological polar surface area (TPSA) is 48.3 Å². The maximum Gasteiger partial charge on any atom is 0.102 e. The quantitative estimate of drug-likeness (QED) is 0.899. The van der Waals surface area contributed by atoms with Crippen LogP contribution < -0.4 is 5.32 Å². The van der Waals surface area contributed by atoms with Crippen LogP contribution in [-0.4, -0.2) is 42.2 Å². The lowest BCUT2D eigenvalue weighted by atomic mass is 10.1. The van der Waals surface area contributed by atoms with Gasteiger partial charge in [-0.05, 0) is 36.3 Å². The van der Waals surface area contributed by atoms with Crippen molar-refractivity contribution < 1.29 is 9.47 Å². The van der Waals surface area contributed by atoms with E-state index in [9.17, 15) is 0 Å². The molecule has 19 heavy (non-hydrogen) atoms. The van der Waals surface area contributed by atoms with Crippen molar-refractivity contribution in [3.63, 3.8) is 0 Å². The summed E-state index contributed by atoms with van der Waals surface area (Å²) < 4.78 is 14.4. The van der Waals surface area contributed by atoms with Crippen molar-refractivity contribution in [3.8, 4) is 0 Å². The van der Waals surface area contributed by atoms with Gasteiger partial charge in [0.15, 0.2) is 0 Å². The molecule has 0 spiro atoms. The van der Waals surface area contributed by atoms with Crippen LogP contribution in [0.5, 0.6) is 0 Å². The van der Waals surface area contributed by atoms with Crippen molar-refractivity contribution in [1.29, 1.82) is 0 Å². The molecule has 2 rings (SSSR count). The Bertz CT molecular complexity index is 403. The fourth-order valence-corrected chi connectivity index (χ4v) is 2.90. The molecule has 108 valence electrons. The van der Waals surface area contributed by atoms with Gasteiger partial charge in [-0.15, -0.1) is 0 Å². The van der Waals surface area contributed by atoms with E-state index in [0.29, 0.717) is 25.9 Å². The van der Waals surface area contributed by atoms with Gasteiger partial charge < -0.3 is 14.8 Å². The molecule has 1 aliphatic rings. The van der Waals surface area contributed by atoms with Crippen LogP contribution in [0.3, 0.4) is 0 Å². The molecule has 0 aliphatic carbocycles. The van der Waals surface area contributed by atoms with Gasteiger partial charge in [0.2, 0.25) is 0 Å². The highest BCUT2D eigenvalue weighted by molar-refractivity contribution is 9.10. The lowest BCUT2D eigenvalue weighted by molar-refractivity contribution is -0.103. The Labute approximate surface area is 122 Å². The molecule has 2 heterocycles. The summed E-state index contributed by atoms with van der Waals surface area (Å²) in [7, 11) is 0. The summed E-state index contributed by atoms with van der Waals surface area (Å²) in [4.78, 5) is 0. The zero-order valence-electron chi connectivity index (χ0n) is 11.7. The molecule has 1 fully saturated rings. The third-order valence-corrected chi connectivity index (χ3v) is 3.82. The fraction of sp³-hybridized carbons (Fsp3) is 0.769. The molecule has 1 N–H and O–H groups in total. The average molecular weight is 332 g/mol. The number of aromatic nitrogens is 2. The van der Waals surface area contributed by atoms with Crippen LogP contribution in [-0.2, 0) is 9.47 Å². The molecule has 5 nitrogen and oxygen atoms in total. The second-order valence-corrected chi connectivity index (χ2v) is 5.79. The number of rotatable bonds is 5. The molecule has 1 aromatic heterocycles. The Morgan fingerprint density at radius 2 is 2.32 bits per heavy atom. The van der Waals surface area contributed by atoms with Crippen molar-refractivity contribution in [2.75, 3.05) is 26.4 Å². The van der Waals surface area contributed by atoms with Gasteiger partial charge in [0.1, 0.15) is 6.10 Å². The number of halogens is 1. The third-order valence-electron chi connectivity index (χ3n) is 3.21. The molecule has 0 radical (unpaired) electrons. The van der Waals surface area contributed by atoms with Gasteiger partial charge in [0.25, 0.3) is 0 Å². The van der Waals surface area contributed by atoms with Gasteiger partial charge in [-0.25, -0.2) is 0 Å². The molecule has 1 saturated heterocycles. The predicted molar refractivity (Wildman–Crippen MR) is 77.3 cm³/mol. The Morgan fingerprint density at radius 1 is 1.53 bits per heavy atom. The molecule has 2 atom stereocenters. The molecule has 6 heteroatoms. The van der Waals surface area contributed by atoms with Gasteiger partial charge in [-0.1, -0.05) is 6.92 Å². The van der Waals surface area contributed by atoms with E-state index in [0.717, 1.165) is 16.7 Å². The van der Waals surface area contributed by atoms with E-state index in [1.807, 2.05) is 10.9 Å². The summed E-state index contributed by atoms with van der Waals surface area (Å²) in [6.45, 7) is 9.18. The molecule has 1 aliphatic heterocycles. The number of ether oxygens (including phenoxy) is 2. The first-order valence-electron chi connectivity index (χ1n) is 6.80. The standard InChI is InChI=1S/C13H22BrN3O2/c1-4-15-12(11-8-18-5-6-19-11)13-10(14)7-16-17(13)9(2)3/h7,9,11-12,15H,4-6,8H2,1-3H3. The number of nitrogens with zero attached hydrogens (tertiary/aromatic N) is 2. The Morgan fingerprint density at radius 3 is 2.89 bits per heavy atom. The van der Waals surface area contributed by atoms with Crippen molar-refractivity contribution in [2.45, 2.75) is 39.0 Å². The highest BCUT2D eigenvalue weighted by atomic mass is 79.9. The SMILES string of the molecule is CCNC(c1c(Br)cnn1C(C)C)C1COCCO1. The minimum atomic E-state index is 0.0270. The average Bonchev–Trinajstić information content (AvgIpc) is 2.79. The van der Waals surface area contributed by atoms with Gasteiger partial charge in [-0.2, -0.15) is 5.10 Å². The third kappa shape index (κ3) is 3.37. The molecule has 0 amide bonds. The summed E-state index contributed by atoms with van der Waals surface area (Å²) in [6.07, 6.45) is 1.88. The number of hydrogen-bond donors (Lipinski definition) is 1. The fourth-order valence-electron chi connectivity index (χ4n) is 2.38. The molecular formula is C13H22BrN3O2. The smallest absolute Gasteiger partial charge is 0.102 e. The van der Waals surface area contributed by atoms with Crippen LogP contribution in [0.25, 0.3) is 0 Å². The number of hydrogen-bond acceptors (Lipinski definition) is 4. The number of likely N-dealkylation sites (N-methyl/N-ethyl adjacent to an activating group) is 1. The highest BCUT2D eigenvalue weighted by Gasteiger charge is 2.30. The molecule has 1 aromatic rings. The van der Waals surface area contributed by atoms with Crippen molar-refractivity contribution in [1.82, 2.24) is 15.1 Å². The summed E-state index contributed by atoms with van der Waals surface area (Å²) in [5, 5.41) is 7.94. The molecule has 0 aromatic carbocycles. The zero-order chi connectivity index (χ0) is 13.8. The lowest BCUT2D eigenvalue weighted by Gasteiger charge is -2.32. The molecular weight excluding hydrogens is 310 g/mol. The van der Waals surface area contributed by atoms with Gasteiger partial charge >= 0.3 is 0 Å². The van der Waals surface area contributed by atoms with Gasteiger partial charge in [-0.3, -0.25) is 4.68 Å². The van der Waals surface area contributed by atoms with Crippen LogP contribution in [0.15, 0.2) is 10.7 Å². The maximum atomic E-state index is 5.86. The maximum absolute atomic E-state index is 5.86. The minimum Gasteiger partial charge on any atom is -0.376 e. The van der Waals surface area contributed by atoms with Crippen LogP contribution in [0, 0.1) is 0 Å². The first-order valence-corrected chi connectivity index (χ1v) is 7.60. The Kier molecular flexibility index (Phi) is 5.38. The first-order chi connectivity index (χ1) is 9.15. The summed E-state index contributed by atoms with van der Waals surface area (Å²) in [6, 6.07) is 0.400.